The van der Waals surface area contributed by atoms with Gasteiger partial charge in [-0.05, 0) is 47.8 Å². The van der Waals surface area contributed by atoms with Crippen LogP contribution in [0.15, 0.2) is 18.6 Å². The number of aromatic nitrogens is 2. The van der Waals surface area contributed by atoms with Crippen LogP contribution in [0, 0.1) is 28.6 Å². The van der Waals surface area contributed by atoms with E-state index < -0.39 is 64.9 Å². The number of amides is 5. The molecule has 1 aliphatic heterocycles. The molecule has 0 bridgehead atoms. The van der Waals surface area contributed by atoms with E-state index in [0.29, 0.717) is 13.0 Å². The predicted octanol–water partition coefficient (Wildman–Crippen LogP) is 1.90. The van der Waals surface area contributed by atoms with Gasteiger partial charge in [-0.3, -0.25) is 33.8 Å². The fraction of sp³-hybridized carbons (Fsp3) is 0.706. The Balaban J connectivity index is 1.58. The van der Waals surface area contributed by atoms with Gasteiger partial charge in [0.2, 0.25) is 23.5 Å². The highest BCUT2D eigenvalue weighted by Crippen LogP contribution is 2.65. The molecule has 2 aliphatic carbocycles. The first-order valence-corrected chi connectivity index (χ1v) is 16.9. The van der Waals surface area contributed by atoms with E-state index in [1.54, 1.807) is 0 Å². The number of likely N-dealkylation sites (tertiary alicyclic amines) is 1. The van der Waals surface area contributed by atoms with Crippen molar-refractivity contribution < 1.29 is 28.8 Å². The number of hydrogen-bond donors (Lipinski definition) is 4. The number of carbonyl (C=O) groups is 6. The molecule has 2 heterocycles. The molecule has 6 atom stereocenters. The molecule has 0 aromatic carbocycles. The number of Topliss-reactive ketones (excluding diaryl/α,β-unsaturated/α-hetero) is 1. The molecule has 3 fully saturated rings. The lowest BCUT2D eigenvalue weighted by atomic mass is 9.82. The molecule has 13 nitrogen and oxygen atoms in total. The molecular formula is C34H51N7O6. The zero-order valence-electron chi connectivity index (χ0n) is 28.5. The van der Waals surface area contributed by atoms with Gasteiger partial charge >= 0.3 is 0 Å². The highest BCUT2D eigenvalue weighted by atomic mass is 16.2. The number of rotatable bonds is 13. The van der Waals surface area contributed by atoms with Gasteiger partial charge in [-0.15, -0.1) is 0 Å². The minimum Gasteiger partial charge on any atom is -0.363 e. The molecule has 0 spiro atoms. The number of unbranched alkanes of at least 4 members (excludes halogenated alkanes) is 1. The summed E-state index contributed by atoms with van der Waals surface area (Å²) in [4.78, 5) is 89.4. The molecule has 0 radical (unpaired) electrons. The summed E-state index contributed by atoms with van der Waals surface area (Å²) in [6.07, 6.45) is 10.2. The zero-order valence-corrected chi connectivity index (χ0v) is 28.5. The summed E-state index contributed by atoms with van der Waals surface area (Å²) in [5, 5.41) is 8.58. The summed E-state index contributed by atoms with van der Waals surface area (Å²) in [5.74, 6) is -4.13. The van der Waals surface area contributed by atoms with Crippen molar-refractivity contribution in [2.24, 2.45) is 34.3 Å². The third-order valence-electron chi connectivity index (χ3n) is 10.4. The van der Waals surface area contributed by atoms with Crippen LogP contribution in [-0.2, 0) is 24.0 Å². The Morgan fingerprint density at radius 1 is 1.02 bits per heavy atom. The van der Waals surface area contributed by atoms with Crippen LogP contribution in [0.5, 0.6) is 0 Å². The van der Waals surface area contributed by atoms with Crippen molar-refractivity contribution in [2.45, 2.75) is 117 Å². The smallest absolute Gasteiger partial charge is 0.287 e. The van der Waals surface area contributed by atoms with Crippen LogP contribution in [0.3, 0.4) is 0 Å². The third kappa shape index (κ3) is 7.98. The van der Waals surface area contributed by atoms with E-state index in [2.05, 4.69) is 25.9 Å². The average Bonchev–Trinajstić information content (AvgIpc) is 3.34. The van der Waals surface area contributed by atoms with Crippen LogP contribution >= 0.6 is 0 Å². The Morgan fingerprint density at radius 3 is 2.28 bits per heavy atom. The van der Waals surface area contributed by atoms with Crippen molar-refractivity contribution in [1.82, 2.24) is 30.8 Å². The van der Waals surface area contributed by atoms with Crippen LogP contribution in [-0.4, -0.2) is 80.9 Å². The molecule has 5 amide bonds. The van der Waals surface area contributed by atoms with Gasteiger partial charge in [0.1, 0.15) is 23.8 Å². The van der Waals surface area contributed by atoms with E-state index in [1.165, 1.54) is 23.5 Å². The highest BCUT2D eigenvalue weighted by Gasteiger charge is 2.70. The van der Waals surface area contributed by atoms with Gasteiger partial charge in [0.25, 0.3) is 11.8 Å². The Hall–Kier alpha value is -3.90. The summed E-state index contributed by atoms with van der Waals surface area (Å²) in [5.41, 5.74) is 4.42. The Kier molecular flexibility index (Phi) is 11.1. The van der Waals surface area contributed by atoms with Crippen LogP contribution in [0.4, 0.5) is 0 Å². The first kappa shape index (κ1) is 35.9. The first-order valence-electron chi connectivity index (χ1n) is 16.9. The molecule has 1 aromatic heterocycles. The molecule has 1 saturated heterocycles. The lowest BCUT2D eigenvalue weighted by Crippen LogP contribution is -2.62. The number of fused-ring (bicyclic) bond motifs is 1. The number of nitrogens with zero attached hydrogens (tertiary/aromatic N) is 3. The second-order valence-corrected chi connectivity index (χ2v) is 15.1. The van der Waals surface area contributed by atoms with E-state index in [-0.39, 0.29) is 35.3 Å². The number of nitrogens with one attached hydrogen (secondary N) is 3. The maximum Gasteiger partial charge on any atom is 0.287 e. The van der Waals surface area contributed by atoms with Gasteiger partial charge in [0.15, 0.2) is 0 Å². The summed E-state index contributed by atoms with van der Waals surface area (Å²) < 4.78 is 0. The molecule has 13 heteroatoms. The Bertz CT molecular complexity index is 1350. The van der Waals surface area contributed by atoms with Crippen molar-refractivity contribution in [3.8, 4) is 0 Å². The number of carbonyl (C=O) groups excluding carboxylic acids is 6. The van der Waals surface area contributed by atoms with E-state index >= 15 is 0 Å². The average molecular weight is 654 g/mol. The molecule has 5 N–H and O–H groups in total. The number of hydrogen-bond acceptors (Lipinski definition) is 8. The highest BCUT2D eigenvalue weighted by molar-refractivity contribution is 6.37. The summed E-state index contributed by atoms with van der Waals surface area (Å²) >= 11 is 0. The number of primary amides is 1. The summed E-state index contributed by atoms with van der Waals surface area (Å²) in [6, 6.07) is -3.88. The summed E-state index contributed by atoms with van der Waals surface area (Å²) in [6.45, 7) is 11.9. The second-order valence-electron chi connectivity index (χ2n) is 15.1. The first-order chi connectivity index (χ1) is 22.1. The van der Waals surface area contributed by atoms with Crippen LogP contribution in [0.2, 0.25) is 0 Å². The Morgan fingerprint density at radius 2 is 1.70 bits per heavy atom. The standard InChI is InChI=1S/C34H51N7O6/c1-7-8-14-21(26(42)28(35)43)38-31(46)25-23-20(34(23,5)6)18-41(25)32(47)27(33(2,3)4)40-30(45)24(19-12-10-9-11-13-19)39-29(44)22-17-36-15-16-37-22/h15-17,19-21,23-25,27H,7-14,18H2,1-6H3,(H2,35,43)(H,38,46)(H,39,44)(H,40,45)/t20-,21?,23-,24-,25-,27+/m0/s1. The zero-order chi connectivity index (χ0) is 34.7. The lowest BCUT2D eigenvalue weighted by molar-refractivity contribution is -0.146. The predicted molar refractivity (Wildman–Crippen MR) is 173 cm³/mol. The summed E-state index contributed by atoms with van der Waals surface area (Å²) in [7, 11) is 0. The van der Waals surface area contributed by atoms with E-state index in [0.717, 1.165) is 38.5 Å². The second kappa shape index (κ2) is 14.5. The molecular weight excluding hydrogens is 602 g/mol. The van der Waals surface area contributed by atoms with Crippen LogP contribution < -0.4 is 21.7 Å². The van der Waals surface area contributed by atoms with Crippen molar-refractivity contribution >= 4 is 35.3 Å². The molecule has 1 aromatic rings. The molecule has 3 aliphatic rings. The maximum absolute atomic E-state index is 14.4. The van der Waals surface area contributed by atoms with Gasteiger partial charge in [-0.2, -0.15) is 0 Å². The molecule has 2 saturated carbocycles. The molecule has 1 unspecified atom stereocenters. The van der Waals surface area contributed by atoms with Crippen molar-refractivity contribution in [3.63, 3.8) is 0 Å². The number of ketones is 1. The molecule has 258 valence electrons. The van der Waals surface area contributed by atoms with Gasteiger partial charge < -0.3 is 26.6 Å². The Labute approximate surface area is 277 Å². The minimum atomic E-state index is -1.12. The van der Waals surface area contributed by atoms with Gasteiger partial charge in [-0.25, -0.2) is 4.98 Å². The molecule has 47 heavy (non-hydrogen) atoms. The molecule has 4 rings (SSSR count). The maximum atomic E-state index is 14.4. The van der Waals surface area contributed by atoms with Gasteiger partial charge in [0.05, 0.1) is 12.2 Å². The fourth-order valence-electron chi connectivity index (χ4n) is 7.46. The third-order valence-corrected chi connectivity index (χ3v) is 10.4. The minimum absolute atomic E-state index is 0.0562. The van der Waals surface area contributed by atoms with Crippen LogP contribution in [0.1, 0.15) is 103 Å². The largest absolute Gasteiger partial charge is 0.363 e. The SMILES string of the molecule is CCCCC(NC(=O)[C@@H]1[C@@H]2[C@H](CN1C(=O)[C@@H](NC(=O)[C@@H](NC(=O)c1cnccn1)C1CCCCC1)C(C)(C)C)C2(C)C)C(=O)C(N)=O. The van der Waals surface area contributed by atoms with E-state index in [4.69, 9.17) is 5.73 Å². The normalized spacial score (nSPS) is 23.9. The number of nitrogens with two attached hydrogens (primary N) is 1. The number of piperidine rings is 1. The van der Waals surface area contributed by atoms with E-state index in [1.807, 2.05) is 41.5 Å². The van der Waals surface area contributed by atoms with Crippen molar-refractivity contribution in [1.29, 1.82) is 0 Å². The fourth-order valence-corrected chi connectivity index (χ4v) is 7.46. The van der Waals surface area contributed by atoms with Crippen molar-refractivity contribution in [3.05, 3.63) is 24.3 Å². The van der Waals surface area contributed by atoms with E-state index in [9.17, 15) is 28.8 Å². The van der Waals surface area contributed by atoms with Crippen LogP contribution in [0.25, 0.3) is 0 Å². The van der Waals surface area contributed by atoms with Crippen molar-refractivity contribution in [2.75, 3.05) is 6.54 Å². The van der Waals surface area contributed by atoms with Gasteiger partial charge in [0, 0.05) is 18.9 Å². The topological polar surface area (TPSA) is 194 Å². The van der Waals surface area contributed by atoms with Gasteiger partial charge in [-0.1, -0.05) is 73.6 Å². The quantitative estimate of drug-likeness (QED) is 0.232. The lowest BCUT2D eigenvalue weighted by Gasteiger charge is -2.39. The monoisotopic (exact) mass is 653 g/mol.